The Bertz CT molecular complexity index is 951. The van der Waals surface area contributed by atoms with Crippen molar-refractivity contribution in [2.75, 3.05) is 13.1 Å². The standard InChI is InChI=1S/C18H18F3NO3S2/c1-12-7-8-16(26-12)27(24,25)22-9-3-5-14(11-22)17(23)13-4-2-6-15(10-13)18(19,20)21/h2,4,6-8,10,14H,3,5,9,11H2,1H3/t14-/m0/s1. The first-order valence-corrected chi connectivity index (χ1v) is 10.6. The van der Waals surface area contributed by atoms with Crippen LogP contribution in [0.4, 0.5) is 13.2 Å². The quantitative estimate of drug-likeness (QED) is 0.695. The van der Waals surface area contributed by atoms with Crippen LogP contribution in [0.5, 0.6) is 0 Å². The summed E-state index contributed by atoms with van der Waals surface area (Å²) in [6, 6.07) is 7.53. The van der Waals surface area contributed by atoms with Crippen LogP contribution in [-0.2, 0) is 16.2 Å². The summed E-state index contributed by atoms with van der Waals surface area (Å²) in [4.78, 5) is 13.6. The summed E-state index contributed by atoms with van der Waals surface area (Å²) in [5, 5.41) is 0. The van der Waals surface area contributed by atoms with Crippen LogP contribution in [0.3, 0.4) is 0 Å². The molecule has 1 aliphatic heterocycles. The summed E-state index contributed by atoms with van der Waals surface area (Å²) in [7, 11) is -3.70. The number of alkyl halides is 3. The van der Waals surface area contributed by atoms with Crippen LogP contribution >= 0.6 is 11.3 Å². The van der Waals surface area contributed by atoms with E-state index in [1.54, 1.807) is 13.0 Å². The van der Waals surface area contributed by atoms with Gasteiger partial charge in [0.25, 0.3) is 10.0 Å². The van der Waals surface area contributed by atoms with E-state index < -0.39 is 33.5 Å². The lowest BCUT2D eigenvalue weighted by molar-refractivity contribution is -0.137. The Kier molecular flexibility index (Phi) is 5.47. The van der Waals surface area contributed by atoms with Gasteiger partial charge in [-0.2, -0.15) is 17.5 Å². The number of ketones is 1. The van der Waals surface area contributed by atoms with Crippen LogP contribution in [0, 0.1) is 12.8 Å². The van der Waals surface area contributed by atoms with Gasteiger partial charge in [0.15, 0.2) is 5.78 Å². The molecule has 2 aromatic rings. The highest BCUT2D eigenvalue weighted by Crippen LogP contribution is 2.32. The molecule has 0 unspecified atom stereocenters. The lowest BCUT2D eigenvalue weighted by Gasteiger charge is -2.30. The molecule has 0 N–H and O–H groups in total. The third-order valence-electron chi connectivity index (χ3n) is 4.54. The molecule has 4 nitrogen and oxygen atoms in total. The minimum absolute atomic E-state index is 0.0195. The van der Waals surface area contributed by atoms with Gasteiger partial charge in [-0.1, -0.05) is 12.1 Å². The van der Waals surface area contributed by atoms with E-state index in [0.717, 1.165) is 28.3 Å². The highest BCUT2D eigenvalue weighted by Gasteiger charge is 2.35. The van der Waals surface area contributed by atoms with Gasteiger partial charge < -0.3 is 0 Å². The van der Waals surface area contributed by atoms with Gasteiger partial charge in [0, 0.05) is 29.4 Å². The zero-order valence-electron chi connectivity index (χ0n) is 14.5. The van der Waals surface area contributed by atoms with Gasteiger partial charge in [0.1, 0.15) is 4.21 Å². The Balaban J connectivity index is 1.81. The number of hydrogen-bond donors (Lipinski definition) is 0. The average Bonchev–Trinajstić information content (AvgIpc) is 3.08. The average molecular weight is 417 g/mol. The molecule has 0 aliphatic carbocycles. The number of carbonyl (C=O) groups excluding carboxylic acids is 1. The predicted octanol–water partition coefficient (Wildman–Crippen LogP) is 4.36. The highest BCUT2D eigenvalue weighted by molar-refractivity contribution is 7.91. The number of benzene rings is 1. The number of thiophene rings is 1. The van der Waals surface area contributed by atoms with Gasteiger partial charge in [0.2, 0.25) is 0 Å². The van der Waals surface area contributed by atoms with Crippen LogP contribution in [0.1, 0.15) is 33.6 Å². The minimum atomic E-state index is -4.53. The van der Waals surface area contributed by atoms with Crippen molar-refractivity contribution < 1.29 is 26.4 Å². The van der Waals surface area contributed by atoms with Crippen LogP contribution < -0.4 is 0 Å². The summed E-state index contributed by atoms with van der Waals surface area (Å²) in [6.07, 6.45) is -3.60. The molecule has 0 amide bonds. The van der Waals surface area contributed by atoms with E-state index in [0.29, 0.717) is 19.4 Å². The van der Waals surface area contributed by atoms with E-state index in [-0.39, 0.29) is 16.3 Å². The van der Waals surface area contributed by atoms with Crippen molar-refractivity contribution in [3.05, 3.63) is 52.4 Å². The highest BCUT2D eigenvalue weighted by atomic mass is 32.2. The van der Waals surface area contributed by atoms with Crippen LogP contribution in [0.25, 0.3) is 0 Å². The molecular formula is C18H18F3NO3S2. The number of halogens is 3. The molecule has 1 fully saturated rings. The normalized spacial score (nSPS) is 19.2. The van der Waals surface area contributed by atoms with E-state index in [2.05, 4.69) is 0 Å². The molecule has 2 heterocycles. The van der Waals surface area contributed by atoms with Crippen LogP contribution in [0.2, 0.25) is 0 Å². The Morgan fingerprint density at radius 2 is 1.96 bits per heavy atom. The fourth-order valence-electron chi connectivity index (χ4n) is 3.14. The Morgan fingerprint density at radius 1 is 1.22 bits per heavy atom. The number of Topliss-reactive ketones (excluding diaryl/α,β-unsaturated/α-hetero) is 1. The van der Waals surface area contributed by atoms with E-state index in [4.69, 9.17) is 0 Å². The Morgan fingerprint density at radius 3 is 2.59 bits per heavy atom. The molecule has 9 heteroatoms. The molecule has 0 spiro atoms. The van der Waals surface area contributed by atoms with Gasteiger partial charge in [-0.3, -0.25) is 4.79 Å². The molecular weight excluding hydrogens is 399 g/mol. The molecule has 1 atom stereocenters. The predicted molar refractivity (Wildman–Crippen MR) is 96.3 cm³/mol. The van der Waals surface area contributed by atoms with Gasteiger partial charge in [-0.25, -0.2) is 8.42 Å². The lowest BCUT2D eigenvalue weighted by Crippen LogP contribution is -2.42. The van der Waals surface area contributed by atoms with Crippen LogP contribution in [-0.4, -0.2) is 31.6 Å². The van der Waals surface area contributed by atoms with Crippen molar-refractivity contribution in [1.82, 2.24) is 4.31 Å². The number of nitrogens with zero attached hydrogens (tertiary/aromatic N) is 1. The van der Waals surface area contributed by atoms with Gasteiger partial charge >= 0.3 is 6.18 Å². The fourth-order valence-corrected chi connectivity index (χ4v) is 6.10. The molecule has 0 saturated carbocycles. The third kappa shape index (κ3) is 4.25. The van der Waals surface area contributed by atoms with Crippen molar-refractivity contribution >= 4 is 27.1 Å². The monoisotopic (exact) mass is 417 g/mol. The minimum Gasteiger partial charge on any atom is -0.294 e. The van der Waals surface area contributed by atoms with E-state index in [1.807, 2.05) is 0 Å². The van der Waals surface area contributed by atoms with Crippen LogP contribution in [0.15, 0.2) is 40.6 Å². The molecule has 1 saturated heterocycles. The number of carbonyl (C=O) groups is 1. The molecule has 146 valence electrons. The molecule has 1 aromatic carbocycles. The fraction of sp³-hybridized carbons (Fsp3) is 0.389. The molecule has 0 radical (unpaired) electrons. The third-order valence-corrected chi connectivity index (χ3v) is 7.87. The second kappa shape index (κ2) is 7.37. The Labute approximate surface area is 159 Å². The first-order valence-electron chi connectivity index (χ1n) is 8.37. The largest absolute Gasteiger partial charge is 0.416 e. The van der Waals surface area contributed by atoms with Crippen molar-refractivity contribution in [3.8, 4) is 0 Å². The number of piperidine rings is 1. The zero-order valence-corrected chi connectivity index (χ0v) is 16.1. The molecule has 3 rings (SSSR count). The number of aryl methyl sites for hydroxylation is 1. The van der Waals surface area contributed by atoms with Crippen molar-refractivity contribution in [2.45, 2.75) is 30.2 Å². The Hall–Kier alpha value is -1.71. The van der Waals surface area contributed by atoms with Gasteiger partial charge in [-0.15, -0.1) is 11.3 Å². The van der Waals surface area contributed by atoms with Crippen molar-refractivity contribution in [3.63, 3.8) is 0 Å². The lowest BCUT2D eigenvalue weighted by atomic mass is 9.90. The van der Waals surface area contributed by atoms with Crippen molar-refractivity contribution in [2.24, 2.45) is 5.92 Å². The second-order valence-electron chi connectivity index (χ2n) is 6.51. The molecule has 1 aliphatic rings. The number of rotatable bonds is 4. The summed E-state index contributed by atoms with van der Waals surface area (Å²) in [5.41, 5.74) is -0.927. The van der Waals surface area contributed by atoms with E-state index >= 15 is 0 Å². The van der Waals surface area contributed by atoms with Gasteiger partial charge in [-0.05, 0) is 44.0 Å². The maximum Gasteiger partial charge on any atom is 0.416 e. The second-order valence-corrected chi connectivity index (χ2v) is 9.96. The van der Waals surface area contributed by atoms with E-state index in [9.17, 15) is 26.4 Å². The number of hydrogen-bond acceptors (Lipinski definition) is 4. The maximum atomic E-state index is 12.9. The molecule has 0 bridgehead atoms. The summed E-state index contributed by atoms with van der Waals surface area (Å²) < 4.78 is 65.7. The summed E-state index contributed by atoms with van der Waals surface area (Å²) >= 11 is 1.16. The molecule has 1 aromatic heterocycles. The first kappa shape index (κ1) is 20.0. The zero-order chi connectivity index (χ0) is 19.8. The summed E-state index contributed by atoms with van der Waals surface area (Å²) in [5.74, 6) is -1.11. The smallest absolute Gasteiger partial charge is 0.294 e. The SMILES string of the molecule is Cc1ccc(S(=O)(=O)N2CCC[C@H](C(=O)c3cccc(C(F)(F)F)c3)C2)s1. The number of sulfonamides is 1. The maximum absolute atomic E-state index is 12.9. The first-order chi connectivity index (χ1) is 12.6. The summed E-state index contributed by atoms with van der Waals surface area (Å²) in [6.45, 7) is 2.08. The van der Waals surface area contributed by atoms with Gasteiger partial charge in [0.05, 0.1) is 5.56 Å². The topological polar surface area (TPSA) is 54.5 Å². The molecule has 27 heavy (non-hydrogen) atoms. The van der Waals surface area contributed by atoms with E-state index in [1.165, 1.54) is 22.5 Å². The van der Waals surface area contributed by atoms with Crippen molar-refractivity contribution in [1.29, 1.82) is 0 Å².